The van der Waals surface area contributed by atoms with Crippen molar-refractivity contribution >= 4 is 29.4 Å². The zero-order valence-corrected chi connectivity index (χ0v) is 23.0. The Morgan fingerprint density at radius 1 is 0.923 bits per heavy atom. The summed E-state index contributed by atoms with van der Waals surface area (Å²) in [5.41, 5.74) is 6.67. The van der Waals surface area contributed by atoms with Gasteiger partial charge in [0.15, 0.2) is 0 Å². The Bertz CT molecular complexity index is 1010. The van der Waals surface area contributed by atoms with E-state index in [4.69, 9.17) is 25.2 Å². The van der Waals surface area contributed by atoms with Gasteiger partial charge >= 0.3 is 0 Å². The summed E-state index contributed by atoms with van der Waals surface area (Å²) in [6.07, 6.45) is 9.98. The minimum atomic E-state index is -0.166. The highest BCUT2D eigenvalue weighted by atomic mass is 16.5. The predicted molar refractivity (Wildman–Crippen MR) is 154 cm³/mol. The molecule has 2 aliphatic rings. The number of nitrogens with one attached hydrogen (secondary N) is 3. The third-order valence-corrected chi connectivity index (χ3v) is 7.08. The minimum absolute atomic E-state index is 0.166. The highest BCUT2D eigenvalue weighted by Crippen LogP contribution is 2.25. The zero-order chi connectivity index (χ0) is 27.1. The average molecular weight is 541 g/mol. The van der Waals surface area contributed by atoms with Gasteiger partial charge in [0.05, 0.1) is 26.4 Å². The largest absolute Gasteiger partial charge is 0.378 e. The van der Waals surface area contributed by atoms with Crippen LogP contribution in [0.2, 0.25) is 0 Å². The van der Waals surface area contributed by atoms with E-state index in [0.29, 0.717) is 68.8 Å². The van der Waals surface area contributed by atoms with Crippen LogP contribution in [0.4, 0.5) is 23.5 Å². The third-order valence-electron chi connectivity index (χ3n) is 7.08. The van der Waals surface area contributed by atoms with Crippen molar-refractivity contribution in [2.45, 2.75) is 51.4 Å². The Kier molecular flexibility index (Phi) is 12.0. The molecule has 1 aliphatic heterocycles. The van der Waals surface area contributed by atoms with Crippen LogP contribution < -0.4 is 26.6 Å². The summed E-state index contributed by atoms with van der Waals surface area (Å²) in [7, 11) is 0. The predicted octanol–water partition coefficient (Wildman–Crippen LogP) is 3.32. The maximum absolute atomic E-state index is 12.7. The van der Waals surface area contributed by atoms with Crippen LogP contribution >= 0.6 is 0 Å². The molecule has 1 amide bonds. The average Bonchev–Trinajstić information content (AvgIpc) is 2.98. The van der Waals surface area contributed by atoms with Gasteiger partial charge in [0.1, 0.15) is 0 Å². The Morgan fingerprint density at radius 2 is 1.67 bits per heavy atom. The van der Waals surface area contributed by atoms with Gasteiger partial charge in [0.25, 0.3) is 5.91 Å². The number of aromatic nitrogens is 3. The van der Waals surface area contributed by atoms with Gasteiger partial charge < -0.3 is 36.1 Å². The smallest absolute Gasteiger partial charge is 0.251 e. The number of piperidine rings is 1. The van der Waals surface area contributed by atoms with Crippen molar-refractivity contribution < 1.29 is 14.3 Å². The number of nitrogens with zero attached hydrogens (tertiary/aromatic N) is 4. The van der Waals surface area contributed by atoms with Crippen molar-refractivity contribution in [1.82, 2.24) is 20.3 Å². The van der Waals surface area contributed by atoms with E-state index in [0.717, 1.165) is 38.2 Å². The van der Waals surface area contributed by atoms with Crippen LogP contribution in [0.25, 0.3) is 0 Å². The number of hydrogen-bond donors (Lipinski definition) is 4. The quantitative estimate of drug-likeness (QED) is 0.249. The molecule has 1 aromatic carbocycles. The van der Waals surface area contributed by atoms with Gasteiger partial charge in [-0.15, -0.1) is 0 Å². The zero-order valence-electron chi connectivity index (χ0n) is 23.0. The Balaban J connectivity index is 1.35. The first-order valence-electron chi connectivity index (χ1n) is 14.5. The number of benzene rings is 1. The molecule has 11 heteroatoms. The van der Waals surface area contributed by atoms with E-state index in [2.05, 4.69) is 25.8 Å². The number of nitrogens with two attached hydrogens (primary N) is 1. The standard InChI is InChI=1S/C28H44N8O3/c29-12-16-38-18-19-39-17-13-30-25(37)23-10-7-11-24(20-23)32-27-33-26(31-21-22-8-3-1-4-9-22)34-28(35-27)36-14-5-2-6-15-36/h7,10-11,20,22H,1-6,8-9,12-19,21,29H2,(H,30,37)(H2,31,32,33,34,35). The van der Waals surface area contributed by atoms with E-state index in [9.17, 15) is 4.79 Å². The summed E-state index contributed by atoms with van der Waals surface area (Å²) in [5.74, 6) is 2.26. The van der Waals surface area contributed by atoms with E-state index in [1.54, 1.807) is 12.1 Å². The second-order valence-electron chi connectivity index (χ2n) is 10.2. The number of amides is 1. The summed E-state index contributed by atoms with van der Waals surface area (Å²) in [5, 5.41) is 9.67. The van der Waals surface area contributed by atoms with Crippen LogP contribution in [-0.4, -0.2) is 80.0 Å². The number of anilines is 4. The number of rotatable bonds is 15. The molecule has 5 N–H and O–H groups in total. The number of carbonyl (C=O) groups excluding carboxylic acids is 1. The van der Waals surface area contributed by atoms with Crippen molar-refractivity contribution in [3.63, 3.8) is 0 Å². The maximum Gasteiger partial charge on any atom is 0.251 e. The molecule has 1 aromatic heterocycles. The fourth-order valence-corrected chi connectivity index (χ4v) is 4.97. The van der Waals surface area contributed by atoms with Gasteiger partial charge in [0, 0.05) is 44.0 Å². The lowest BCUT2D eigenvalue weighted by Gasteiger charge is -2.27. The van der Waals surface area contributed by atoms with Crippen molar-refractivity contribution in [2.75, 3.05) is 74.7 Å². The minimum Gasteiger partial charge on any atom is -0.378 e. The molecule has 1 saturated heterocycles. The van der Waals surface area contributed by atoms with Gasteiger partial charge in [-0.1, -0.05) is 25.3 Å². The lowest BCUT2D eigenvalue weighted by molar-refractivity contribution is 0.0511. The van der Waals surface area contributed by atoms with Crippen LogP contribution in [0.5, 0.6) is 0 Å². The molecule has 2 fully saturated rings. The van der Waals surface area contributed by atoms with Crippen LogP contribution in [0.3, 0.4) is 0 Å². The summed E-state index contributed by atoms with van der Waals surface area (Å²) in [6, 6.07) is 7.33. The highest BCUT2D eigenvalue weighted by molar-refractivity contribution is 5.95. The maximum atomic E-state index is 12.7. The second kappa shape index (κ2) is 16.2. The molecule has 2 aromatic rings. The molecule has 39 heavy (non-hydrogen) atoms. The summed E-state index contributed by atoms with van der Waals surface area (Å²) < 4.78 is 10.7. The number of hydrogen-bond acceptors (Lipinski definition) is 10. The Labute approximate surface area is 231 Å². The molecular formula is C28H44N8O3. The van der Waals surface area contributed by atoms with E-state index in [-0.39, 0.29) is 5.91 Å². The van der Waals surface area contributed by atoms with Gasteiger partial charge in [-0.3, -0.25) is 4.79 Å². The lowest BCUT2D eigenvalue weighted by Crippen LogP contribution is -2.31. The van der Waals surface area contributed by atoms with E-state index in [1.165, 1.54) is 38.5 Å². The normalized spacial score (nSPS) is 16.2. The monoisotopic (exact) mass is 540 g/mol. The van der Waals surface area contributed by atoms with Gasteiger partial charge in [-0.25, -0.2) is 0 Å². The van der Waals surface area contributed by atoms with Gasteiger partial charge in [-0.2, -0.15) is 15.0 Å². The van der Waals surface area contributed by atoms with Crippen LogP contribution in [0, 0.1) is 5.92 Å². The van der Waals surface area contributed by atoms with E-state index < -0.39 is 0 Å². The molecular weight excluding hydrogens is 496 g/mol. The molecule has 2 heterocycles. The SMILES string of the molecule is NCCOCCOCCNC(=O)c1cccc(Nc2nc(NCC3CCCCC3)nc(N3CCCCC3)n2)c1. The molecule has 4 rings (SSSR count). The molecule has 0 atom stereocenters. The summed E-state index contributed by atoms with van der Waals surface area (Å²) >= 11 is 0. The first-order chi connectivity index (χ1) is 19.2. The van der Waals surface area contributed by atoms with Gasteiger partial charge in [-0.05, 0) is 56.2 Å². The molecule has 0 spiro atoms. The van der Waals surface area contributed by atoms with Crippen molar-refractivity contribution in [1.29, 1.82) is 0 Å². The summed E-state index contributed by atoms with van der Waals surface area (Å²) in [4.78, 5) is 29.1. The topological polar surface area (TPSA) is 140 Å². The fourth-order valence-electron chi connectivity index (χ4n) is 4.97. The molecule has 11 nitrogen and oxygen atoms in total. The second-order valence-corrected chi connectivity index (χ2v) is 10.2. The first-order valence-corrected chi connectivity index (χ1v) is 14.5. The van der Waals surface area contributed by atoms with E-state index in [1.807, 2.05) is 12.1 Å². The molecule has 1 saturated carbocycles. The van der Waals surface area contributed by atoms with Crippen LogP contribution in [0.15, 0.2) is 24.3 Å². The van der Waals surface area contributed by atoms with Gasteiger partial charge in [0.2, 0.25) is 17.8 Å². The lowest BCUT2D eigenvalue weighted by atomic mass is 9.89. The molecule has 0 unspecified atom stereocenters. The molecule has 0 bridgehead atoms. The summed E-state index contributed by atoms with van der Waals surface area (Å²) in [6.45, 7) is 5.58. The van der Waals surface area contributed by atoms with E-state index >= 15 is 0 Å². The highest BCUT2D eigenvalue weighted by Gasteiger charge is 2.18. The molecule has 214 valence electrons. The Hall–Kier alpha value is -3.02. The van der Waals surface area contributed by atoms with Crippen molar-refractivity contribution in [3.8, 4) is 0 Å². The van der Waals surface area contributed by atoms with Crippen LogP contribution in [0.1, 0.15) is 61.7 Å². The number of carbonyl (C=O) groups is 1. The van der Waals surface area contributed by atoms with Crippen molar-refractivity contribution in [3.05, 3.63) is 29.8 Å². The first kappa shape index (κ1) is 29.0. The van der Waals surface area contributed by atoms with Crippen LogP contribution in [-0.2, 0) is 9.47 Å². The van der Waals surface area contributed by atoms with Crippen molar-refractivity contribution in [2.24, 2.45) is 11.7 Å². The Morgan fingerprint density at radius 3 is 2.46 bits per heavy atom. The molecule has 0 radical (unpaired) electrons. The number of ether oxygens (including phenoxy) is 2. The fraction of sp³-hybridized carbons (Fsp3) is 0.643. The third kappa shape index (κ3) is 9.90. The molecule has 1 aliphatic carbocycles.